The van der Waals surface area contributed by atoms with Gasteiger partial charge in [-0.1, -0.05) is 19.4 Å². The molecule has 0 saturated heterocycles. The van der Waals surface area contributed by atoms with Gasteiger partial charge in [0.2, 0.25) is 10.0 Å². The fraction of sp³-hybridized carbons (Fsp3) is 0.400. The Bertz CT molecular complexity index is 641. The maximum Gasteiger partial charge on any atom is 0.337 e. The monoisotopic (exact) mass is 326 g/mol. The predicted octanol–water partition coefficient (Wildman–Crippen LogP) is 2.45. The van der Waals surface area contributed by atoms with Crippen molar-refractivity contribution in [2.45, 2.75) is 37.6 Å². The lowest BCUT2D eigenvalue weighted by Gasteiger charge is -2.17. The summed E-state index contributed by atoms with van der Waals surface area (Å²) in [6, 6.07) is 4.13. The van der Waals surface area contributed by atoms with Gasteiger partial charge >= 0.3 is 5.97 Å². The Morgan fingerprint density at radius 2 is 2.14 bits per heavy atom. The molecule has 0 fully saturated rings. The average Bonchev–Trinajstić information content (AvgIpc) is 2.45. The van der Waals surface area contributed by atoms with Crippen LogP contribution in [0.5, 0.6) is 0 Å². The molecular weight excluding hydrogens is 304 g/mol. The van der Waals surface area contributed by atoms with Gasteiger partial charge in [0.15, 0.2) is 0 Å². The highest BCUT2D eigenvalue weighted by Gasteiger charge is 2.19. The average molecular weight is 326 g/mol. The van der Waals surface area contributed by atoms with Crippen molar-refractivity contribution in [3.63, 3.8) is 0 Å². The third kappa shape index (κ3) is 4.85. The quantitative estimate of drug-likeness (QED) is 0.606. The molecule has 0 radical (unpaired) electrons. The number of carboxylic acids is 1. The number of hydrogen-bond acceptors (Lipinski definition) is 4. The fourth-order valence-corrected chi connectivity index (χ4v) is 3.04. The van der Waals surface area contributed by atoms with Crippen LogP contribution in [0.4, 0.5) is 5.69 Å². The first-order valence-electron chi connectivity index (χ1n) is 7.06. The second-order valence-corrected chi connectivity index (χ2v) is 6.75. The molecular formula is C15H22N2O4S. The van der Waals surface area contributed by atoms with Crippen molar-refractivity contribution in [1.29, 1.82) is 0 Å². The number of aromatic carboxylic acids is 1. The summed E-state index contributed by atoms with van der Waals surface area (Å²) in [6.07, 6.45) is 3.27. The standard InChI is InChI=1S/C15H22N2O4S/c1-4-6-11(3)17-14-8-7-12(10-13(14)15(18)19)22(20,21)16-9-5-2/h5,7-8,10-11,16-17H,2,4,6,9H2,1,3H3,(H,18,19)/t11-/m1/s1. The summed E-state index contributed by atoms with van der Waals surface area (Å²) in [7, 11) is -3.75. The summed E-state index contributed by atoms with van der Waals surface area (Å²) in [6.45, 7) is 7.51. The van der Waals surface area contributed by atoms with E-state index in [2.05, 4.69) is 16.6 Å². The van der Waals surface area contributed by atoms with E-state index in [1.807, 2.05) is 13.8 Å². The van der Waals surface area contributed by atoms with Crippen LogP contribution in [0.25, 0.3) is 0 Å². The number of anilines is 1. The Kier molecular flexibility index (Phi) is 6.58. The molecule has 22 heavy (non-hydrogen) atoms. The zero-order valence-corrected chi connectivity index (χ0v) is 13.6. The molecule has 0 heterocycles. The van der Waals surface area contributed by atoms with Crippen molar-refractivity contribution >= 4 is 21.7 Å². The Balaban J connectivity index is 3.14. The van der Waals surface area contributed by atoms with Crippen LogP contribution in [0, 0.1) is 0 Å². The molecule has 0 spiro atoms. The Morgan fingerprint density at radius 3 is 2.68 bits per heavy atom. The zero-order valence-electron chi connectivity index (χ0n) is 12.8. The van der Waals surface area contributed by atoms with Gasteiger partial charge in [0.05, 0.1) is 10.5 Å². The summed E-state index contributed by atoms with van der Waals surface area (Å²) < 4.78 is 26.4. The lowest BCUT2D eigenvalue weighted by molar-refractivity contribution is 0.0697. The van der Waals surface area contributed by atoms with Crippen molar-refractivity contribution in [2.75, 3.05) is 11.9 Å². The second-order valence-electron chi connectivity index (χ2n) is 4.99. The Hall–Kier alpha value is -1.86. The fourth-order valence-electron chi connectivity index (χ4n) is 2.02. The van der Waals surface area contributed by atoms with Crippen LogP contribution in [-0.2, 0) is 10.0 Å². The van der Waals surface area contributed by atoms with Crippen molar-refractivity contribution in [2.24, 2.45) is 0 Å². The largest absolute Gasteiger partial charge is 0.478 e. The van der Waals surface area contributed by atoms with Gasteiger partial charge in [0.25, 0.3) is 0 Å². The first-order valence-corrected chi connectivity index (χ1v) is 8.54. The minimum atomic E-state index is -3.75. The summed E-state index contributed by atoms with van der Waals surface area (Å²) >= 11 is 0. The highest BCUT2D eigenvalue weighted by atomic mass is 32.2. The molecule has 6 nitrogen and oxygen atoms in total. The van der Waals surface area contributed by atoms with Crippen molar-refractivity contribution in [3.8, 4) is 0 Å². The van der Waals surface area contributed by atoms with E-state index in [1.165, 1.54) is 18.2 Å². The number of carboxylic acid groups (broad SMARTS) is 1. The predicted molar refractivity (Wildman–Crippen MR) is 86.8 cm³/mol. The maximum absolute atomic E-state index is 12.0. The van der Waals surface area contributed by atoms with Gasteiger partial charge < -0.3 is 10.4 Å². The number of benzene rings is 1. The van der Waals surface area contributed by atoms with Gasteiger partial charge in [-0.2, -0.15) is 0 Å². The van der Waals surface area contributed by atoms with E-state index >= 15 is 0 Å². The van der Waals surface area contributed by atoms with Gasteiger partial charge in [0, 0.05) is 18.3 Å². The van der Waals surface area contributed by atoms with Crippen LogP contribution >= 0.6 is 0 Å². The Labute approximate surface area is 131 Å². The summed E-state index contributed by atoms with van der Waals surface area (Å²) in [5.74, 6) is -1.17. The molecule has 0 amide bonds. The minimum Gasteiger partial charge on any atom is -0.478 e. The van der Waals surface area contributed by atoms with E-state index in [0.29, 0.717) is 5.69 Å². The van der Waals surface area contributed by atoms with E-state index in [9.17, 15) is 18.3 Å². The summed E-state index contributed by atoms with van der Waals surface area (Å²) in [5, 5.41) is 12.4. The van der Waals surface area contributed by atoms with Gasteiger partial charge in [-0.05, 0) is 31.5 Å². The highest BCUT2D eigenvalue weighted by molar-refractivity contribution is 7.89. The van der Waals surface area contributed by atoms with Crippen LogP contribution in [0.15, 0.2) is 35.7 Å². The minimum absolute atomic E-state index is 0.0653. The first kappa shape index (κ1) is 18.2. The van der Waals surface area contributed by atoms with Gasteiger partial charge in [-0.3, -0.25) is 0 Å². The first-order chi connectivity index (χ1) is 10.3. The van der Waals surface area contributed by atoms with E-state index in [1.54, 1.807) is 0 Å². The SMILES string of the molecule is C=CCNS(=O)(=O)c1ccc(N[C@H](C)CCC)c(C(=O)O)c1. The summed E-state index contributed by atoms with van der Waals surface area (Å²) in [5.41, 5.74) is 0.348. The molecule has 122 valence electrons. The molecule has 0 aliphatic rings. The molecule has 0 bridgehead atoms. The van der Waals surface area contributed by atoms with Crippen LogP contribution in [-0.4, -0.2) is 32.1 Å². The number of sulfonamides is 1. The molecule has 7 heteroatoms. The van der Waals surface area contributed by atoms with Gasteiger partial charge in [-0.25, -0.2) is 17.9 Å². The molecule has 1 aromatic carbocycles. The van der Waals surface area contributed by atoms with Crippen molar-refractivity contribution < 1.29 is 18.3 Å². The van der Waals surface area contributed by atoms with Gasteiger partial charge in [-0.15, -0.1) is 6.58 Å². The lowest BCUT2D eigenvalue weighted by Crippen LogP contribution is -2.24. The maximum atomic E-state index is 12.0. The molecule has 0 aliphatic heterocycles. The summed E-state index contributed by atoms with van der Waals surface area (Å²) in [4.78, 5) is 11.3. The second kappa shape index (κ2) is 7.95. The number of hydrogen-bond donors (Lipinski definition) is 3. The van der Waals surface area contributed by atoms with E-state index < -0.39 is 16.0 Å². The number of carbonyl (C=O) groups is 1. The van der Waals surface area contributed by atoms with Crippen molar-refractivity contribution in [3.05, 3.63) is 36.4 Å². The van der Waals surface area contributed by atoms with Crippen LogP contribution in [0.3, 0.4) is 0 Å². The lowest BCUT2D eigenvalue weighted by atomic mass is 10.1. The molecule has 0 saturated carbocycles. The van der Waals surface area contributed by atoms with E-state index in [-0.39, 0.29) is 23.0 Å². The third-order valence-electron chi connectivity index (χ3n) is 3.07. The van der Waals surface area contributed by atoms with E-state index in [4.69, 9.17) is 0 Å². The zero-order chi connectivity index (χ0) is 16.8. The van der Waals surface area contributed by atoms with Crippen LogP contribution < -0.4 is 10.0 Å². The normalized spacial score (nSPS) is 12.6. The number of nitrogens with one attached hydrogen (secondary N) is 2. The molecule has 1 rings (SSSR count). The molecule has 0 aliphatic carbocycles. The van der Waals surface area contributed by atoms with Crippen LogP contribution in [0.2, 0.25) is 0 Å². The smallest absolute Gasteiger partial charge is 0.337 e. The van der Waals surface area contributed by atoms with Crippen molar-refractivity contribution in [1.82, 2.24) is 4.72 Å². The Morgan fingerprint density at radius 1 is 1.45 bits per heavy atom. The molecule has 1 atom stereocenters. The van der Waals surface area contributed by atoms with Gasteiger partial charge in [0.1, 0.15) is 0 Å². The van der Waals surface area contributed by atoms with E-state index in [0.717, 1.165) is 18.9 Å². The van der Waals surface area contributed by atoms with Crippen LogP contribution in [0.1, 0.15) is 37.0 Å². The molecule has 0 aromatic heterocycles. The topological polar surface area (TPSA) is 95.5 Å². The third-order valence-corrected chi connectivity index (χ3v) is 4.49. The molecule has 0 unspecified atom stereocenters. The highest BCUT2D eigenvalue weighted by Crippen LogP contribution is 2.22. The molecule has 1 aromatic rings. The number of rotatable bonds is 9. The molecule has 3 N–H and O–H groups in total.